The number of aromatic hydroxyl groups is 1. The average molecular weight is 947 g/mol. The molecular weight excluding hydrogens is 893 g/mol. The number of anilines is 1. The van der Waals surface area contributed by atoms with Crippen molar-refractivity contribution >= 4 is 46.4 Å². The average Bonchev–Trinajstić information content (AvgIpc) is 3.66. The van der Waals surface area contributed by atoms with Crippen molar-refractivity contribution in [2.75, 3.05) is 5.32 Å². The number of amides is 3. The molecule has 7 rings (SSSR count). The molecule has 68 heavy (non-hydrogen) atoms. The number of nitrogens with zero attached hydrogens (tertiary/aromatic N) is 3. The highest BCUT2D eigenvalue weighted by molar-refractivity contribution is 5.98. The lowest BCUT2D eigenvalue weighted by Gasteiger charge is -2.38. The van der Waals surface area contributed by atoms with Crippen LogP contribution < -0.4 is 26.7 Å². The summed E-state index contributed by atoms with van der Waals surface area (Å²) < 4.78 is 23.5. The molecule has 364 valence electrons. The molecule has 3 aliphatic heterocycles. The molecule has 4 aromatic rings. The van der Waals surface area contributed by atoms with Crippen LogP contribution >= 0.6 is 0 Å². The van der Waals surface area contributed by atoms with Gasteiger partial charge < -0.3 is 75.4 Å². The number of phenolic OH excluding ortho intramolecular Hbond substituents is 1. The van der Waals surface area contributed by atoms with E-state index in [-0.39, 0.29) is 65.9 Å². The van der Waals surface area contributed by atoms with E-state index >= 15 is 0 Å². The van der Waals surface area contributed by atoms with Crippen LogP contribution in [-0.4, -0.2) is 124 Å². The van der Waals surface area contributed by atoms with Gasteiger partial charge in [-0.3, -0.25) is 14.4 Å². The summed E-state index contributed by atoms with van der Waals surface area (Å²) >= 11 is 0. The van der Waals surface area contributed by atoms with E-state index in [1.54, 1.807) is 52.8 Å². The number of cyclic esters (lactones) is 1. The number of aliphatic carboxylic acids is 1. The standard InChI is InChI=1S/C46H54N6O16/c1-7-46(64)27-14-30-34-23(15-52(30)41(59)26(27)18-65-44(46)62)13-24-25(31(53)11-10-28(24)49-34)16-51(20(4)5)45(63)66-17-22-8-9-29(50-39(57)21(6)48-40(58)33(47)19(2)3)32(12-22)67-43-37(56)35(54)36(55)38(68-43)42(60)61/h8-14,19-21,33,35-38,43,53-56,64H,7,15-18,47H2,1-6H3,(H,48,58)(H,50,57)(H,60,61)/t21-,33-,35?,36-,37+,38-,43+,46-/m0/s1. The molecule has 10 N–H and O–H groups in total. The quantitative estimate of drug-likeness (QED) is 0.0702. The summed E-state index contributed by atoms with van der Waals surface area (Å²) in [6.07, 6.45) is -10.8. The maximum atomic E-state index is 13.9. The smallest absolute Gasteiger partial charge is 0.410 e. The second-order valence-corrected chi connectivity index (χ2v) is 17.7. The van der Waals surface area contributed by atoms with Gasteiger partial charge in [-0.25, -0.2) is 19.4 Å². The van der Waals surface area contributed by atoms with Crippen LogP contribution in [0.25, 0.3) is 22.3 Å². The number of aliphatic hydroxyl groups is 4. The number of hydrogen-bond acceptors (Lipinski definition) is 17. The summed E-state index contributed by atoms with van der Waals surface area (Å²) in [6, 6.07) is 7.92. The Kier molecular flexibility index (Phi) is 13.8. The Hall–Kier alpha value is -6.69. The number of hydrogen-bond donors (Lipinski definition) is 9. The third-order valence-electron chi connectivity index (χ3n) is 12.5. The zero-order valence-electron chi connectivity index (χ0n) is 38.0. The highest BCUT2D eigenvalue weighted by Crippen LogP contribution is 2.40. The van der Waals surface area contributed by atoms with Gasteiger partial charge in [-0.15, -0.1) is 0 Å². The molecule has 22 heteroatoms. The molecule has 1 unspecified atom stereocenters. The maximum absolute atomic E-state index is 13.9. The molecular formula is C46H54N6O16. The van der Waals surface area contributed by atoms with E-state index in [1.807, 2.05) is 0 Å². The van der Waals surface area contributed by atoms with Gasteiger partial charge in [0.1, 0.15) is 49.1 Å². The minimum Gasteiger partial charge on any atom is -0.508 e. The van der Waals surface area contributed by atoms with E-state index in [2.05, 4.69) is 10.6 Å². The van der Waals surface area contributed by atoms with E-state index in [1.165, 1.54) is 40.7 Å². The molecule has 22 nitrogen and oxygen atoms in total. The van der Waals surface area contributed by atoms with E-state index < -0.39 is 96.4 Å². The number of nitrogens with two attached hydrogens (primary N) is 1. The van der Waals surface area contributed by atoms with Crippen LogP contribution in [0.4, 0.5) is 10.5 Å². The minimum atomic E-state index is -2.02. The molecule has 0 radical (unpaired) electrons. The Morgan fingerprint density at radius 2 is 1.72 bits per heavy atom. The van der Waals surface area contributed by atoms with Crippen molar-refractivity contribution in [1.82, 2.24) is 19.8 Å². The van der Waals surface area contributed by atoms with Gasteiger partial charge in [-0.1, -0.05) is 26.8 Å². The number of carbonyl (C=O) groups excluding carboxylic acids is 4. The van der Waals surface area contributed by atoms with Crippen LogP contribution in [0.5, 0.6) is 11.5 Å². The van der Waals surface area contributed by atoms with Crippen molar-refractivity contribution < 1.29 is 73.6 Å². The fourth-order valence-electron chi connectivity index (χ4n) is 8.17. The third kappa shape index (κ3) is 9.17. The summed E-state index contributed by atoms with van der Waals surface area (Å²) in [7, 11) is 0. The Morgan fingerprint density at radius 1 is 1.00 bits per heavy atom. The van der Waals surface area contributed by atoms with Crippen molar-refractivity contribution in [3.8, 4) is 22.9 Å². The number of aliphatic hydroxyl groups excluding tert-OH is 3. The molecule has 2 aromatic carbocycles. The van der Waals surface area contributed by atoms with Crippen molar-refractivity contribution in [3.63, 3.8) is 0 Å². The number of carboxylic acid groups (broad SMARTS) is 1. The van der Waals surface area contributed by atoms with E-state index in [9.17, 15) is 59.4 Å². The first-order chi connectivity index (χ1) is 32.1. The van der Waals surface area contributed by atoms with Crippen LogP contribution in [0.15, 0.2) is 47.3 Å². The van der Waals surface area contributed by atoms with Gasteiger partial charge in [0.25, 0.3) is 5.56 Å². The van der Waals surface area contributed by atoms with E-state index in [0.717, 1.165) is 0 Å². The second-order valence-electron chi connectivity index (χ2n) is 17.7. The largest absolute Gasteiger partial charge is 0.508 e. The summed E-state index contributed by atoms with van der Waals surface area (Å²) in [5.41, 5.74) is 6.15. The monoisotopic (exact) mass is 946 g/mol. The van der Waals surface area contributed by atoms with Crippen LogP contribution in [0.3, 0.4) is 0 Å². The highest BCUT2D eigenvalue weighted by Gasteiger charge is 2.49. The first-order valence-corrected chi connectivity index (χ1v) is 21.9. The van der Waals surface area contributed by atoms with Crippen molar-refractivity contribution in [1.29, 1.82) is 0 Å². The third-order valence-corrected chi connectivity index (χ3v) is 12.5. The molecule has 0 saturated carbocycles. The second kappa shape index (κ2) is 19.1. The lowest BCUT2D eigenvalue weighted by molar-refractivity contribution is -0.271. The van der Waals surface area contributed by atoms with Gasteiger partial charge in [0.2, 0.25) is 18.1 Å². The first-order valence-electron chi connectivity index (χ1n) is 21.9. The molecule has 1 saturated heterocycles. The number of rotatable bonds is 14. The predicted molar refractivity (Wildman–Crippen MR) is 237 cm³/mol. The van der Waals surface area contributed by atoms with Gasteiger partial charge in [-0.05, 0) is 75.1 Å². The predicted octanol–water partition coefficient (Wildman–Crippen LogP) is 1.03. The molecule has 0 spiro atoms. The summed E-state index contributed by atoms with van der Waals surface area (Å²) in [6.45, 7) is 9.15. The fourth-order valence-corrected chi connectivity index (χ4v) is 8.17. The number of nitrogens with one attached hydrogen (secondary N) is 2. The number of pyridine rings is 2. The summed E-state index contributed by atoms with van der Waals surface area (Å²) in [5, 5.41) is 69.1. The van der Waals surface area contributed by atoms with Gasteiger partial charge in [0.05, 0.1) is 47.3 Å². The lowest BCUT2D eigenvalue weighted by Crippen LogP contribution is -2.61. The number of aromatic nitrogens is 2. The molecule has 3 aliphatic rings. The summed E-state index contributed by atoms with van der Waals surface area (Å²) in [4.78, 5) is 84.2. The summed E-state index contributed by atoms with van der Waals surface area (Å²) in [5.74, 6) is -4.47. The SMILES string of the molecule is CC[C@@]1(O)C(=O)OCc2c1cc1n(c2=O)Cc2cc3c(CN(C(=O)OCc4ccc(NC(=O)[C@H](C)NC(=O)[C@@H](N)C(C)C)c(O[C@@H]5O[C@H](C(=O)O)[C@@H](O)C(O)[C@H]5O)c4)C(C)C)c(O)ccc3nc2-1. The number of benzene rings is 2. The lowest BCUT2D eigenvalue weighted by atomic mass is 9.86. The number of carboxylic acids is 1. The van der Waals surface area contributed by atoms with Gasteiger partial charge in [0.15, 0.2) is 11.7 Å². The van der Waals surface area contributed by atoms with Crippen molar-refractivity contribution in [2.45, 2.75) is 129 Å². The van der Waals surface area contributed by atoms with Crippen LogP contribution in [0.2, 0.25) is 0 Å². The molecule has 1 fully saturated rings. The molecule has 2 aromatic heterocycles. The van der Waals surface area contributed by atoms with Crippen molar-refractivity contribution in [2.24, 2.45) is 11.7 Å². The molecule has 3 amide bonds. The molecule has 5 heterocycles. The number of fused-ring (bicyclic) bond motifs is 5. The Labute approximate surface area is 388 Å². The maximum Gasteiger partial charge on any atom is 0.410 e. The zero-order valence-corrected chi connectivity index (χ0v) is 38.0. The van der Waals surface area contributed by atoms with E-state index in [4.69, 9.17) is 29.7 Å². The van der Waals surface area contributed by atoms with Crippen LogP contribution in [0.1, 0.15) is 75.8 Å². The topological polar surface area (TPSA) is 332 Å². The van der Waals surface area contributed by atoms with Gasteiger partial charge in [0, 0.05) is 28.1 Å². The minimum absolute atomic E-state index is 0.0220. The molecule has 0 aliphatic carbocycles. The zero-order chi connectivity index (χ0) is 49.7. The van der Waals surface area contributed by atoms with Crippen LogP contribution in [-0.2, 0) is 65.3 Å². The number of phenols is 1. The Bertz CT molecular complexity index is 2740. The highest BCUT2D eigenvalue weighted by atomic mass is 16.7. The molecule has 8 atom stereocenters. The fraction of sp³-hybridized carbons (Fsp3) is 0.457. The normalized spacial score (nSPS) is 22.7. The number of carbonyl (C=O) groups is 5. The van der Waals surface area contributed by atoms with Gasteiger partial charge >= 0.3 is 18.0 Å². The van der Waals surface area contributed by atoms with Crippen LogP contribution in [0, 0.1) is 5.92 Å². The Balaban J connectivity index is 1.13. The first kappa shape index (κ1) is 49.2. The van der Waals surface area contributed by atoms with Crippen molar-refractivity contribution in [3.05, 3.63) is 80.6 Å². The number of ether oxygens (including phenoxy) is 4. The molecule has 0 bridgehead atoms. The van der Waals surface area contributed by atoms with Gasteiger partial charge in [-0.2, -0.15) is 0 Å². The Morgan fingerprint density at radius 3 is 2.38 bits per heavy atom. The van der Waals surface area contributed by atoms with E-state index in [0.29, 0.717) is 33.4 Å². The number of esters is 1.